The zero-order valence-electron chi connectivity index (χ0n) is 15.7. The summed E-state index contributed by atoms with van der Waals surface area (Å²) in [4.78, 5) is 26.8. The first-order chi connectivity index (χ1) is 14.4. The Hall–Kier alpha value is -4.08. The van der Waals surface area contributed by atoms with Crippen LogP contribution in [0.1, 0.15) is 23.6 Å². The average molecular weight is 412 g/mol. The van der Waals surface area contributed by atoms with E-state index in [0.717, 1.165) is 22.3 Å². The van der Waals surface area contributed by atoms with Crippen molar-refractivity contribution in [3.05, 3.63) is 80.2 Å². The third-order valence-corrected chi connectivity index (χ3v) is 4.82. The lowest BCUT2D eigenvalue weighted by atomic mass is 9.99. The standard InChI is InChI=1S/C20H17FN4O5/c1-30-16-8-10(2-7-15(16)26)13-9-14(24-23-13)17-18(27)22-20(29)25(19(17)28)12-5-3-11(21)4-6-12/h2-8,13,23,26,28H,9H2,1H3,(H,22,27,29)/t13-/m1/s1. The smallest absolute Gasteiger partial charge is 0.335 e. The van der Waals surface area contributed by atoms with Crippen LogP contribution in [0.3, 0.4) is 0 Å². The fraction of sp³-hybridized carbons (Fsp3) is 0.150. The molecule has 0 saturated carbocycles. The van der Waals surface area contributed by atoms with E-state index in [1.165, 1.54) is 25.3 Å². The molecule has 9 nitrogen and oxygen atoms in total. The van der Waals surface area contributed by atoms with Crippen molar-refractivity contribution in [1.82, 2.24) is 15.0 Å². The minimum Gasteiger partial charge on any atom is -0.504 e. The summed E-state index contributed by atoms with van der Waals surface area (Å²) in [6.45, 7) is 0. The number of ether oxygens (including phenoxy) is 1. The van der Waals surface area contributed by atoms with Crippen LogP contribution in [-0.2, 0) is 0 Å². The minimum atomic E-state index is -0.862. The van der Waals surface area contributed by atoms with E-state index >= 15 is 0 Å². The van der Waals surface area contributed by atoms with Crippen LogP contribution in [0.5, 0.6) is 17.4 Å². The molecular weight excluding hydrogens is 395 g/mol. The van der Waals surface area contributed by atoms with E-state index in [1.54, 1.807) is 12.1 Å². The van der Waals surface area contributed by atoms with E-state index in [9.17, 15) is 24.2 Å². The molecule has 0 saturated heterocycles. The Labute approximate surface area is 168 Å². The molecule has 1 atom stereocenters. The number of benzene rings is 2. The van der Waals surface area contributed by atoms with Gasteiger partial charge in [0.25, 0.3) is 5.56 Å². The van der Waals surface area contributed by atoms with Crippen LogP contribution in [0.15, 0.2) is 57.2 Å². The predicted molar refractivity (Wildman–Crippen MR) is 106 cm³/mol. The Morgan fingerprint density at radius 3 is 2.60 bits per heavy atom. The van der Waals surface area contributed by atoms with Crippen LogP contribution in [-0.4, -0.2) is 32.6 Å². The first-order valence-corrected chi connectivity index (χ1v) is 8.92. The van der Waals surface area contributed by atoms with Crippen LogP contribution in [0.25, 0.3) is 5.69 Å². The predicted octanol–water partition coefficient (Wildman–Crippen LogP) is 1.52. The van der Waals surface area contributed by atoms with Gasteiger partial charge in [-0.05, 0) is 42.0 Å². The number of hydrogen-bond donors (Lipinski definition) is 4. The molecule has 1 aliphatic heterocycles. The number of phenolic OH excluding ortho intramolecular Hbond substituents is 1. The first-order valence-electron chi connectivity index (χ1n) is 8.92. The van der Waals surface area contributed by atoms with E-state index in [2.05, 4.69) is 15.5 Å². The average Bonchev–Trinajstić information content (AvgIpc) is 3.19. The summed E-state index contributed by atoms with van der Waals surface area (Å²) < 4.78 is 19.2. The van der Waals surface area contributed by atoms with Gasteiger partial charge in [-0.1, -0.05) is 6.07 Å². The minimum absolute atomic E-state index is 0.0131. The van der Waals surface area contributed by atoms with Gasteiger partial charge in [-0.25, -0.2) is 13.8 Å². The number of H-pyrrole nitrogens is 1. The number of aromatic amines is 1. The zero-order chi connectivity index (χ0) is 21.4. The van der Waals surface area contributed by atoms with Gasteiger partial charge in [0.15, 0.2) is 11.5 Å². The summed E-state index contributed by atoms with van der Waals surface area (Å²) >= 11 is 0. The summed E-state index contributed by atoms with van der Waals surface area (Å²) in [5, 5.41) is 24.6. The zero-order valence-corrected chi connectivity index (χ0v) is 15.7. The van der Waals surface area contributed by atoms with Crippen LogP contribution in [0.4, 0.5) is 4.39 Å². The number of rotatable bonds is 4. The molecule has 10 heteroatoms. The maximum atomic E-state index is 13.2. The molecule has 3 aromatic rings. The Morgan fingerprint density at radius 2 is 1.90 bits per heavy atom. The Morgan fingerprint density at radius 1 is 1.17 bits per heavy atom. The molecule has 0 spiro atoms. The van der Waals surface area contributed by atoms with Crippen LogP contribution in [0.2, 0.25) is 0 Å². The number of methoxy groups -OCH3 is 1. The van der Waals surface area contributed by atoms with Crippen molar-refractivity contribution >= 4 is 5.71 Å². The molecular formula is C20H17FN4O5. The summed E-state index contributed by atoms with van der Waals surface area (Å²) in [5.41, 5.74) is 2.22. The lowest BCUT2D eigenvalue weighted by molar-refractivity contribution is 0.372. The fourth-order valence-electron chi connectivity index (χ4n) is 3.32. The van der Waals surface area contributed by atoms with Crippen molar-refractivity contribution in [2.75, 3.05) is 7.11 Å². The fourth-order valence-corrected chi connectivity index (χ4v) is 3.32. The largest absolute Gasteiger partial charge is 0.504 e. The topological polar surface area (TPSA) is 129 Å². The molecule has 1 aromatic heterocycles. The second-order valence-corrected chi connectivity index (χ2v) is 6.65. The molecule has 2 heterocycles. The summed E-state index contributed by atoms with van der Waals surface area (Å²) in [6, 6.07) is 9.32. The van der Waals surface area contributed by atoms with Crippen LogP contribution < -0.4 is 21.4 Å². The maximum Gasteiger partial charge on any atom is 0.335 e. The molecule has 1 aliphatic rings. The van der Waals surface area contributed by atoms with Crippen molar-refractivity contribution in [1.29, 1.82) is 0 Å². The third kappa shape index (κ3) is 3.28. The molecule has 30 heavy (non-hydrogen) atoms. The highest BCUT2D eigenvalue weighted by molar-refractivity contribution is 6.03. The van der Waals surface area contributed by atoms with Crippen molar-refractivity contribution < 1.29 is 19.3 Å². The Kier molecular flexibility index (Phi) is 4.74. The summed E-state index contributed by atoms with van der Waals surface area (Å²) in [5.74, 6) is -0.832. The molecule has 4 rings (SSSR count). The van der Waals surface area contributed by atoms with E-state index in [-0.39, 0.29) is 40.9 Å². The number of nitrogens with one attached hydrogen (secondary N) is 2. The van der Waals surface area contributed by atoms with Gasteiger partial charge in [-0.15, -0.1) is 0 Å². The number of nitrogens with zero attached hydrogens (tertiary/aromatic N) is 2. The van der Waals surface area contributed by atoms with Gasteiger partial charge in [-0.3, -0.25) is 9.78 Å². The molecule has 4 N–H and O–H groups in total. The maximum absolute atomic E-state index is 13.2. The highest BCUT2D eigenvalue weighted by Crippen LogP contribution is 2.32. The number of hydrogen-bond acceptors (Lipinski definition) is 7. The first kappa shape index (κ1) is 19.2. The van der Waals surface area contributed by atoms with E-state index < -0.39 is 22.9 Å². The van der Waals surface area contributed by atoms with Crippen molar-refractivity contribution in [3.8, 4) is 23.1 Å². The SMILES string of the molecule is COc1cc([C@H]2CC(c3c(O)n(-c4ccc(F)cc4)c(=O)[nH]c3=O)=NN2)ccc1O. The highest BCUT2D eigenvalue weighted by atomic mass is 19.1. The summed E-state index contributed by atoms with van der Waals surface area (Å²) in [7, 11) is 1.43. The molecule has 0 radical (unpaired) electrons. The summed E-state index contributed by atoms with van der Waals surface area (Å²) in [6.07, 6.45) is 0.228. The van der Waals surface area contributed by atoms with Crippen LogP contribution >= 0.6 is 0 Å². The van der Waals surface area contributed by atoms with Crippen molar-refractivity contribution in [2.24, 2.45) is 5.10 Å². The van der Waals surface area contributed by atoms with Gasteiger partial charge in [0.1, 0.15) is 11.4 Å². The van der Waals surface area contributed by atoms with Crippen molar-refractivity contribution in [2.45, 2.75) is 12.5 Å². The van der Waals surface area contributed by atoms with E-state index in [0.29, 0.717) is 0 Å². The molecule has 0 amide bonds. The second-order valence-electron chi connectivity index (χ2n) is 6.65. The van der Waals surface area contributed by atoms with Gasteiger partial charge in [0, 0.05) is 6.42 Å². The number of halogens is 1. The quantitative estimate of drug-likeness (QED) is 0.514. The number of hydrazone groups is 1. The second kappa shape index (κ2) is 7.39. The Bertz CT molecular complexity index is 1260. The van der Waals surface area contributed by atoms with E-state index in [4.69, 9.17) is 4.74 Å². The molecule has 0 fully saturated rings. The number of phenols is 1. The number of aromatic hydroxyl groups is 2. The van der Waals surface area contributed by atoms with Gasteiger partial charge in [0.05, 0.1) is 24.6 Å². The molecule has 0 unspecified atom stereocenters. The number of aromatic nitrogens is 2. The lowest BCUT2D eigenvalue weighted by Crippen LogP contribution is -2.33. The molecule has 154 valence electrons. The van der Waals surface area contributed by atoms with Gasteiger partial charge in [0.2, 0.25) is 5.88 Å². The van der Waals surface area contributed by atoms with Crippen LogP contribution in [0, 0.1) is 5.82 Å². The van der Waals surface area contributed by atoms with Gasteiger partial charge >= 0.3 is 5.69 Å². The lowest BCUT2D eigenvalue weighted by Gasteiger charge is -2.13. The normalized spacial score (nSPS) is 15.5. The van der Waals surface area contributed by atoms with Gasteiger partial charge in [-0.2, -0.15) is 5.10 Å². The highest BCUT2D eigenvalue weighted by Gasteiger charge is 2.28. The van der Waals surface area contributed by atoms with Crippen molar-refractivity contribution in [3.63, 3.8) is 0 Å². The Balaban J connectivity index is 1.71. The third-order valence-electron chi connectivity index (χ3n) is 4.82. The van der Waals surface area contributed by atoms with Gasteiger partial charge < -0.3 is 20.4 Å². The molecule has 0 aliphatic carbocycles. The van der Waals surface area contributed by atoms with E-state index in [1.807, 2.05) is 0 Å². The monoisotopic (exact) mass is 412 g/mol. The molecule has 0 bridgehead atoms. The molecule has 2 aromatic carbocycles.